The molecule has 0 saturated heterocycles. The lowest BCUT2D eigenvalue weighted by Gasteiger charge is -2.12. The Morgan fingerprint density at radius 1 is 0.964 bits per heavy atom. The average Bonchev–Trinajstić information content (AvgIpc) is 2.69. The first-order valence-corrected chi connectivity index (χ1v) is 9.06. The Morgan fingerprint density at radius 3 is 2.46 bits per heavy atom. The maximum atomic E-state index is 12.2. The normalized spacial score (nSPS) is 10.1. The summed E-state index contributed by atoms with van der Waals surface area (Å²) in [5.74, 6) is 1.09. The van der Waals surface area contributed by atoms with Gasteiger partial charge in [0.2, 0.25) is 11.8 Å². The zero-order valence-corrected chi connectivity index (χ0v) is 16.4. The summed E-state index contributed by atoms with van der Waals surface area (Å²) in [7, 11) is 3.04. The number of rotatable bonds is 10. The smallest absolute Gasteiger partial charge is 0.233 e. The molecular formula is C21H26N2O5. The van der Waals surface area contributed by atoms with Crippen LogP contribution in [0.25, 0.3) is 0 Å². The molecule has 0 aliphatic carbocycles. The highest BCUT2D eigenvalue weighted by Gasteiger charge is 2.13. The van der Waals surface area contributed by atoms with Gasteiger partial charge in [-0.3, -0.25) is 9.59 Å². The van der Waals surface area contributed by atoms with E-state index < -0.39 is 5.91 Å². The highest BCUT2D eigenvalue weighted by molar-refractivity contribution is 6.04. The third-order valence-electron chi connectivity index (χ3n) is 3.99. The van der Waals surface area contributed by atoms with Crippen LogP contribution in [0.3, 0.4) is 0 Å². The van der Waals surface area contributed by atoms with Crippen LogP contribution in [0.2, 0.25) is 0 Å². The van der Waals surface area contributed by atoms with E-state index in [-0.39, 0.29) is 12.3 Å². The van der Waals surface area contributed by atoms with Crippen molar-refractivity contribution in [3.8, 4) is 17.2 Å². The van der Waals surface area contributed by atoms with Gasteiger partial charge in [0.15, 0.2) is 0 Å². The Kier molecular flexibility index (Phi) is 8.14. The fraction of sp³-hybridized carbons (Fsp3) is 0.333. The predicted molar refractivity (Wildman–Crippen MR) is 107 cm³/mol. The molecule has 0 radical (unpaired) electrons. The van der Waals surface area contributed by atoms with Gasteiger partial charge >= 0.3 is 0 Å². The van der Waals surface area contributed by atoms with Crippen LogP contribution in [-0.2, 0) is 16.0 Å². The number of benzene rings is 2. The van der Waals surface area contributed by atoms with Crippen molar-refractivity contribution in [3.05, 3.63) is 48.0 Å². The lowest BCUT2D eigenvalue weighted by Crippen LogP contribution is -2.29. The van der Waals surface area contributed by atoms with Crippen molar-refractivity contribution >= 4 is 17.5 Å². The molecule has 0 heterocycles. The minimum absolute atomic E-state index is 0.284. The topological polar surface area (TPSA) is 85.9 Å². The number of amides is 2. The van der Waals surface area contributed by atoms with Crippen LogP contribution >= 0.6 is 0 Å². The Morgan fingerprint density at radius 2 is 1.75 bits per heavy atom. The molecule has 150 valence electrons. The van der Waals surface area contributed by atoms with Gasteiger partial charge in [-0.1, -0.05) is 18.2 Å². The van der Waals surface area contributed by atoms with E-state index in [9.17, 15) is 9.59 Å². The molecule has 0 aromatic heterocycles. The fourth-order valence-electron chi connectivity index (χ4n) is 2.66. The van der Waals surface area contributed by atoms with Crippen LogP contribution in [0.5, 0.6) is 17.2 Å². The number of methoxy groups -OCH3 is 2. The van der Waals surface area contributed by atoms with E-state index in [2.05, 4.69) is 10.6 Å². The highest BCUT2D eigenvalue weighted by Crippen LogP contribution is 2.28. The number of carbonyl (C=O) groups excluding carboxylic acids is 2. The maximum absolute atomic E-state index is 12.2. The third-order valence-corrected chi connectivity index (χ3v) is 3.99. The molecule has 0 saturated carbocycles. The second-order valence-corrected chi connectivity index (χ2v) is 5.93. The van der Waals surface area contributed by atoms with E-state index in [0.717, 1.165) is 11.3 Å². The van der Waals surface area contributed by atoms with Crippen LogP contribution in [-0.4, -0.2) is 39.2 Å². The van der Waals surface area contributed by atoms with E-state index in [1.807, 2.05) is 31.2 Å². The molecule has 0 unspecified atom stereocenters. The summed E-state index contributed by atoms with van der Waals surface area (Å²) < 4.78 is 15.9. The molecule has 0 aliphatic heterocycles. The summed E-state index contributed by atoms with van der Waals surface area (Å²) >= 11 is 0. The van der Waals surface area contributed by atoms with E-state index >= 15 is 0 Å². The predicted octanol–water partition coefficient (Wildman–Crippen LogP) is 2.79. The average molecular weight is 386 g/mol. The summed E-state index contributed by atoms with van der Waals surface area (Å²) in [6, 6.07) is 12.7. The van der Waals surface area contributed by atoms with Crippen molar-refractivity contribution in [1.29, 1.82) is 0 Å². The van der Waals surface area contributed by atoms with Crippen LogP contribution in [0.1, 0.15) is 18.9 Å². The minimum atomic E-state index is -0.432. The first-order chi connectivity index (χ1) is 13.6. The quantitative estimate of drug-likeness (QED) is 0.613. The largest absolute Gasteiger partial charge is 0.497 e. The molecule has 0 spiro atoms. The van der Waals surface area contributed by atoms with Crippen LogP contribution in [0, 0.1) is 0 Å². The molecule has 7 nitrogen and oxygen atoms in total. The van der Waals surface area contributed by atoms with Gasteiger partial charge in [-0.2, -0.15) is 0 Å². The standard InChI is InChI=1S/C21H26N2O5/c1-4-28-18-8-6-5-7-15(18)11-12-22-20(24)14-21(25)23-17-13-16(26-2)9-10-19(17)27-3/h5-10,13H,4,11-12,14H2,1-3H3,(H,22,24)(H,23,25). The van der Waals surface area contributed by atoms with Crippen molar-refractivity contribution in [3.63, 3.8) is 0 Å². The molecule has 0 fully saturated rings. The minimum Gasteiger partial charge on any atom is -0.497 e. The van der Waals surface area contributed by atoms with E-state index in [1.165, 1.54) is 14.2 Å². The van der Waals surface area contributed by atoms with Gasteiger partial charge in [0.1, 0.15) is 23.7 Å². The van der Waals surface area contributed by atoms with Crippen molar-refractivity contribution in [2.45, 2.75) is 19.8 Å². The van der Waals surface area contributed by atoms with Gasteiger partial charge in [-0.05, 0) is 37.1 Å². The summed E-state index contributed by atoms with van der Waals surface area (Å²) in [5.41, 5.74) is 1.46. The fourth-order valence-corrected chi connectivity index (χ4v) is 2.66. The summed E-state index contributed by atoms with van der Waals surface area (Å²) in [5, 5.41) is 5.43. The molecule has 2 aromatic carbocycles. The number of para-hydroxylation sites is 1. The summed E-state index contributed by atoms with van der Waals surface area (Å²) in [4.78, 5) is 24.2. The first-order valence-electron chi connectivity index (χ1n) is 9.06. The zero-order chi connectivity index (χ0) is 20.4. The van der Waals surface area contributed by atoms with Gasteiger partial charge < -0.3 is 24.8 Å². The molecule has 2 aromatic rings. The van der Waals surface area contributed by atoms with E-state index in [4.69, 9.17) is 14.2 Å². The number of hydrogen-bond acceptors (Lipinski definition) is 5. The van der Waals surface area contributed by atoms with Crippen molar-refractivity contribution < 1.29 is 23.8 Å². The first kappa shape index (κ1) is 21.1. The van der Waals surface area contributed by atoms with Gasteiger partial charge in [0, 0.05) is 12.6 Å². The van der Waals surface area contributed by atoms with Crippen molar-refractivity contribution in [2.24, 2.45) is 0 Å². The second kappa shape index (κ2) is 10.8. The second-order valence-electron chi connectivity index (χ2n) is 5.93. The van der Waals surface area contributed by atoms with Gasteiger partial charge in [0.05, 0.1) is 26.5 Å². The molecule has 28 heavy (non-hydrogen) atoms. The molecular weight excluding hydrogens is 360 g/mol. The molecule has 0 bridgehead atoms. The third kappa shape index (κ3) is 6.19. The molecule has 0 aliphatic rings. The number of carbonyl (C=O) groups is 2. The van der Waals surface area contributed by atoms with Gasteiger partial charge in [-0.25, -0.2) is 0 Å². The van der Waals surface area contributed by atoms with E-state index in [0.29, 0.717) is 36.8 Å². The van der Waals surface area contributed by atoms with Crippen LogP contribution in [0.4, 0.5) is 5.69 Å². The Hall–Kier alpha value is -3.22. The van der Waals surface area contributed by atoms with Crippen molar-refractivity contribution in [2.75, 3.05) is 32.7 Å². The maximum Gasteiger partial charge on any atom is 0.233 e. The lowest BCUT2D eigenvalue weighted by molar-refractivity contribution is -0.126. The van der Waals surface area contributed by atoms with Gasteiger partial charge in [0.25, 0.3) is 0 Å². The molecule has 0 atom stereocenters. The molecule has 2 N–H and O–H groups in total. The van der Waals surface area contributed by atoms with Crippen LogP contribution in [0.15, 0.2) is 42.5 Å². The van der Waals surface area contributed by atoms with Crippen LogP contribution < -0.4 is 24.8 Å². The number of nitrogens with one attached hydrogen (secondary N) is 2. The molecule has 7 heteroatoms. The Bertz CT molecular complexity index is 807. The SMILES string of the molecule is CCOc1ccccc1CCNC(=O)CC(=O)Nc1cc(OC)ccc1OC. The summed E-state index contributed by atoms with van der Waals surface area (Å²) in [6.07, 6.45) is 0.334. The van der Waals surface area contributed by atoms with E-state index in [1.54, 1.807) is 18.2 Å². The molecule has 2 amide bonds. The Labute approximate surface area is 165 Å². The number of ether oxygens (including phenoxy) is 3. The van der Waals surface area contributed by atoms with Gasteiger partial charge in [-0.15, -0.1) is 0 Å². The monoisotopic (exact) mass is 386 g/mol. The lowest BCUT2D eigenvalue weighted by atomic mass is 10.1. The van der Waals surface area contributed by atoms with Crippen molar-refractivity contribution in [1.82, 2.24) is 5.32 Å². The molecule has 2 rings (SSSR count). The Balaban J connectivity index is 1.84. The highest BCUT2D eigenvalue weighted by atomic mass is 16.5. The number of hydrogen-bond donors (Lipinski definition) is 2. The summed E-state index contributed by atoms with van der Waals surface area (Å²) in [6.45, 7) is 2.92. The number of anilines is 1. The zero-order valence-electron chi connectivity index (χ0n) is 16.4.